The van der Waals surface area contributed by atoms with E-state index in [1.54, 1.807) is 0 Å². The van der Waals surface area contributed by atoms with Gasteiger partial charge in [-0.25, -0.2) is 8.78 Å². The zero-order valence-electron chi connectivity index (χ0n) is 9.12. The van der Waals surface area contributed by atoms with E-state index in [2.05, 4.69) is 34.7 Å². The summed E-state index contributed by atoms with van der Waals surface area (Å²) in [6, 6.07) is 2.22. The number of unbranched alkanes of at least 4 members (excludes halogenated alkanes) is 3. The Morgan fingerprint density at radius 3 is 2.62 bits per heavy atom. The lowest BCUT2D eigenvalue weighted by molar-refractivity contribution is 0.591. The molecule has 0 unspecified atom stereocenters. The van der Waals surface area contributed by atoms with Gasteiger partial charge in [0.1, 0.15) is 11.6 Å². The second-order valence-electron chi connectivity index (χ2n) is 3.51. The van der Waals surface area contributed by atoms with Crippen molar-refractivity contribution in [1.29, 1.82) is 0 Å². The highest BCUT2D eigenvalue weighted by Gasteiger charge is 2.05. The molecule has 0 aliphatic heterocycles. The second kappa shape index (κ2) is 6.65. The van der Waals surface area contributed by atoms with E-state index >= 15 is 0 Å². The zero-order chi connectivity index (χ0) is 12.0. The molecule has 0 aliphatic carbocycles. The zero-order valence-corrected chi connectivity index (χ0v) is 10.7. The van der Waals surface area contributed by atoms with E-state index in [0.29, 0.717) is 0 Å². The predicted molar refractivity (Wildman–Crippen MR) is 65.1 cm³/mol. The van der Waals surface area contributed by atoms with Crippen LogP contribution in [0.3, 0.4) is 0 Å². The molecule has 0 spiro atoms. The Labute approximate surface area is 103 Å². The molecule has 1 rings (SSSR count). The lowest BCUT2D eigenvalue weighted by atomic mass is 10.1. The van der Waals surface area contributed by atoms with Gasteiger partial charge in [-0.05, 0) is 34.5 Å². The smallest absolute Gasteiger partial charge is 0.140 e. The van der Waals surface area contributed by atoms with Gasteiger partial charge in [-0.1, -0.05) is 31.6 Å². The highest BCUT2D eigenvalue weighted by molar-refractivity contribution is 9.10. The summed E-state index contributed by atoms with van der Waals surface area (Å²) in [5.41, 5.74) is 0.122. The molecule has 3 heteroatoms. The summed E-state index contributed by atoms with van der Waals surface area (Å²) in [5.74, 6) is 4.53. The van der Waals surface area contributed by atoms with Gasteiger partial charge in [0, 0.05) is 6.42 Å². The van der Waals surface area contributed by atoms with Crippen LogP contribution in [0.15, 0.2) is 16.6 Å². The van der Waals surface area contributed by atoms with E-state index in [4.69, 9.17) is 0 Å². The Morgan fingerprint density at radius 2 is 1.94 bits per heavy atom. The van der Waals surface area contributed by atoms with Crippen LogP contribution in [0.25, 0.3) is 0 Å². The van der Waals surface area contributed by atoms with Gasteiger partial charge in [-0.15, -0.1) is 0 Å². The first-order chi connectivity index (χ1) is 7.65. The SMILES string of the molecule is CCCCCC#Cc1cc(F)c(Br)cc1F. The number of rotatable bonds is 3. The third kappa shape index (κ3) is 3.94. The number of hydrogen-bond donors (Lipinski definition) is 0. The van der Waals surface area contributed by atoms with Crippen LogP contribution in [-0.2, 0) is 0 Å². The Morgan fingerprint density at radius 1 is 1.19 bits per heavy atom. The van der Waals surface area contributed by atoms with Crippen LogP contribution in [0.2, 0.25) is 0 Å². The van der Waals surface area contributed by atoms with Crippen molar-refractivity contribution < 1.29 is 8.78 Å². The minimum absolute atomic E-state index is 0.122. The van der Waals surface area contributed by atoms with E-state index < -0.39 is 11.6 Å². The second-order valence-corrected chi connectivity index (χ2v) is 4.36. The molecule has 1 aromatic rings. The molecular weight excluding hydrogens is 274 g/mol. The summed E-state index contributed by atoms with van der Waals surface area (Å²) in [6.07, 6.45) is 3.98. The summed E-state index contributed by atoms with van der Waals surface area (Å²) in [7, 11) is 0. The fraction of sp³-hybridized carbons (Fsp3) is 0.385. The van der Waals surface area contributed by atoms with Gasteiger partial charge in [-0.3, -0.25) is 0 Å². The number of benzene rings is 1. The highest BCUT2D eigenvalue weighted by Crippen LogP contribution is 2.19. The first-order valence-corrected chi connectivity index (χ1v) is 6.08. The molecule has 86 valence electrons. The van der Waals surface area contributed by atoms with Crippen LogP contribution >= 0.6 is 15.9 Å². The molecule has 0 N–H and O–H groups in total. The number of hydrogen-bond acceptors (Lipinski definition) is 0. The average molecular weight is 287 g/mol. The van der Waals surface area contributed by atoms with Gasteiger partial charge in [0.15, 0.2) is 0 Å². The van der Waals surface area contributed by atoms with Crippen molar-refractivity contribution in [1.82, 2.24) is 0 Å². The summed E-state index contributed by atoms with van der Waals surface area (Å²) >= 11 is 2.92. The fourth-order valence-electron chi connectivity index (χ4n) is 1.24. The van der Waals surface area contributed by atoms with Gasteiger partial charge in [0.05, 0.1) is 10.0 Å². The molecule has 0 atom stereocenters. The van der Waals surface area contributed by atoms with Crippen molar-refractivity contribution in [2.75, 3.05) is 0 Å². The Hall–Kier alpha value is -0.880. The number of halogens is 3. The van der Waals surface area contributed by atoms with Crippen LogP contribution in [0.1, 0.15) is 38.2 Å². The summed E-state index contributed by atoms with van der Waals surface area (Å²) in [4.78, 5) is 0. The minimum atomic E-state index is -0.490. The minimum Gasteiger partial charge on any atom is -0.206 e. The average Bonchev–Trinajstić information content (AvgIpc) is 2.25. The molecule has 0 heterocycles. The Bertz CT molecular complexity index is 416. The summed E-state index contributed by atoms with van der Waals surface area (Å²) in [6.45, 7) is 2.11. The summed E-state index contributed by atoms with van der Waals surface area (Å²) in [5, 5.41) is 0. The van der Waals surface area contributed by atoms with Crippen molar-refractivity contribution in [2.24, 2.45) is 0 Å². The molecule has 16 heavy (non-hydrogen) atoms. The molecule has 0 saturated carbocycles. The molecule has 0 bridgehead atoms. The van der Waals surface area contributed by atoms with Gasteiger partial charge < -0.3 is 0 Å². The van der Waals surface area contributed by atoms with Crippen LogP contribution < -0.4 is 0 Å². The molecule has 0 aliphatic rings. The van der Waals surface area contributed by atoms with E-state index in [1.165, 1.54) is 0 Å². The van der Waals surface area contributed by atoms with Gasteiger partial charge in [0.25, 0.3) is 0 Å². The molecular formula is C13H13BrF2. The van der Waals surface area contributed by atoms with E-state index in [0.717, 1.165) is 37.8 Å². The summed E-state index contributed by atoms with van der Waals surface area (Å²) < 4.78 is 26.5. The Kier molecular flexibility index (Phi) is 5.48. The maximum Gasteiger partial charge on any atom is 0.140 e. The first-order valence-electron chi connectivity index (χ1n) is 5.28. The lowest BCUT2D eigenvalue weighted by Crippen LogP contribution is -1.87. The molecule has 0 saturated heterocycles. The normalized spacial score (nSPS) is 9.75. The third-order valence-corrected chi connectivity index (χ3v) is 2.75. The van der Waals surface area contributed by atoms with E-state index in [1.807, 2.05) is 0 Å². The van der Waals surface area contributed by atoms with Crippen molar-refractivity contribution in [3.8, 4) is 11.8 Å². The maximum atomic E-state index is 13.3. The lowest BCUT2D eigenvalue weighted by Gasteiger charge is -1.97. The molecule has 0 aromatic heterocycles. The molecule has 0 amide bonds. The fourth-order valence-corrected chi connectivity index (χ4v) is 1.55. The van der Waals surface area contributed by atoms with Crippen molar-refractivity contribution in [3.05, 3.63) is 33.8 Å². The monoisotopic (exact) mass is 286 g/mol. The predicted octanol–water partition coefficient (Wildman–Crippen LogP) is 4.66. The molecule has 0 nitrogen and oxygen atoms in total. The molecule has 0 fully saturated rings. The van der Waals surface area contributed by atoms with Crippen molar-refractivity contribution in [2.45, 2.75) is 32.6 Å². The quantitative estimate of drug-likeness (QED) is 0.431. The maximum absolute atomic E-state index is 13.3. The topological polar surface area (TPSA) is 0 Å². The van der Waals surface area contributed by atoms with Crippen molar-refractivity contribution >= 4 is 15.9 Å². The van der Waals surface area contributed by atoms with Crippen LogP contribution in [-0.4, -0.2) is 0 Å². The van der Waals surface area contributed by atoms with Crippen LogP contribution in [0.4, 0.5) is 8.78 Å². The largest absolute Gasteiger partial charge is 0.206 e. The molecule has 1 aromatic carbocycles. The van der Waals surface area contributed by atoms with Gasteiger partial charge in [0.2, 0.25) is 0 Å². The standard InChI is InChI=1S/C13H13BrF2/c1-2-3-4-5-6-7-10-8-13(16)11(14)9-12(10)15/h8-9H,2-5H2,1H3. The highest BCUT2D eigenvalue weighted by atomic mass is 79.9. The first kappa shape index (κ1) is 13.2. The Balaban J connectivity index is 2.69. The van der Waals surface area contributed by atoms with Crippen molar-refractivity contribution in [3.63, 3.8) is 0 Å². The van der Waals surface area contributed by atoms with Crippen LogP contribution in [0, 0.1) is 23.5 Å². The van der Waals surface area contributed by atoms with Gasteiger partial charge in [-0.2, -0.15) is 0 Å². The van der Waals surface area contributed by atoms with E-state index in [9.17, 15) is 8.78 Å². The van der Waals surface area contributed by atoms with E-state index in [-0.39, 0.29) is 10.0 Å². The molecule has 0 radical (unpaired) electrons. The third-order valence-electron chi connectivity index (χ3n) is 2.14. The van der Waals surface area contributed by atoms with Gasteiger partial charge >= 0.3 is 0 Å². The van der Waals surface area contributed by atoms with Crippen LogP contribution in [0.5, 0.6) is 0 Å².